The molecule has 1 aliphatic heterocycles. The minimum absolute atomic E-state index is 0.134. The van der Waals surface area contributed by atoms with E-state index < -0.39 is 12.6 Å². The van der Waals surface area contributed by atoms with E-state index in [1.54, 1.807) is 4.90 Å². The molecule has 0 aromatic rings. The van der Waals surface area contributed by atoms with Gasteiger partial charge in [0, 0.05) is 32.2 Å². The molecule has 2 atom stereocenters. The largest absolute Gasteiger partial charge is 0.387 e. The summed E-state index contributed by atoms with van der Waals surface area (Å²) in [4.78, 5) is 38.8. The first-order valence-electron chi connectivity index (χ1n) is 8.71. The Morgan fingerprint density at radius 2 is 1.75 bits per heavy atom. The van der Waals surface area contributed by atoms with Gasteiger partial charge in [-0.05, 0) is 18.8 Å². The minimum atomic E-state index is -0.486. The van der Waals surface area contributed by atoms with Crippen LogP contribution in [0.5, 0.6) is 0 Å². The number of rotatable bonds is 4. The van der Waals surface area contributed by atoms with E-state index in [2.05, 4.69) is 17.6 Å². The SMILES string of the molecule is CC1CCCCC1NC(=O)NC(=O)CN1CCN(C(=O)CO)CC1. The lowest BCUT2D eigenvalue weighted by Gasteiger charge is -2.34. The number of aliphatic hydroxyl groups excluding tert-OH is 1. The van der Waals surface area contributed by atoms with E-state index in [0.717, 1.165) is 19.3 Å². The maximum atomic E-state index is 12.0. The first-order valence-corrected chi connectivity index (χ1v) is 8.71. The number of piperazine rings is 1. The van der Waals surface area contributed by atoms with Gasteiger partial charge in [0.1, 0.15) is 6.61 Å². The summed E-state index contributed by atoms with van der Waals surface area (Å²) in [6.07, 6.45) is 4.38. The highest BCUT2D eigenvalue weighted by Gasteiger charge is 2.25. The number of carbonyl (C=O) groups excluding carboxylic acids is 3. The summed E-state index contributed by atoms with van der Waals surface area (Å²) in [5.74, 6) is -0.185. The first-order chi connectivity index (χ1) is 11.5. The molecule has 2 unspecified atom stereocenters. The lowest BCUT2D eigenvalue weighted by molar-refractivity contribution is -0.136. The van der Waals surface area contributed by atoms with E-state index in [-0.39, 0.29) is 24.4 Å². The average Bonchev–Trinajstić information content (AvgIpc) is 2.56. The van der Waals surface area contributed by atoms with Gasteiger partial charge in [0.2, 0.25) is 11.8 Å². The van der Waals surface area contributed by atoms with Crippen LogP contribution >= 0.6 is 0 Å². The van der Waals surface area contributed by atoms with Crippen LogP contribution in [-0.4, -0.2) is 78.1 Å². The van der Waals surface area contributed by atoms with Gasteiger partial charge in [0.15, 0.2) is 0 Å². The Labute approximate surface area is 142 Å². The van der Waals surface area contributed by atoms with Gasteiger partial charge in [0.05, 0.1) is 6.54 Å². The molecule has 0 radical (unpaired) electrons. The van der Waals surface area contributed by atoms with Gasteiger partial charge >= 0.3 is 6.03 Å². The second-order valence-corrected chi connectivity index (χ2v) is 6.70. The van der Waals surface area contributed by atoms with E-state index in [0.29, 0.717) is 32.1 Å². The van der Waals surface area contributed by atoms with E-state index in [9.17, 15) is 14.4 Å². The molecule has 8 heteroatoms. The summed E-state index contributed by atoms with van der Waals surface area (Å²) in [5.41, 5.74) is 0. The lowest BCUT2D eigenvalue weighted by Crippen LogP contribution is -2.53. The van der Waals surface area contributed by atoms with Gasteiger partial charge in [-0.25, -0.2) is 4.79 Å². The van der Waals surface area contributed by atoms with E-state index >= 15 is 0 Å². The highest BCUT2D eigenvalue weighted by atomic mass is 16.3. The molecule has 136 valence electrons. The van der Waals surface area contributed by atoms with Crippen LogP contribution < -0.4 is 10.6 Å². The molecule has 4 amide bonds. The second-order valence-electron chi connectivity index (χ2n) is 6.70. The van der Waals surface area contributed by atoms with Crippen LogP contribution in [0.2, 0.25) is 0 Å². The van der Waals surface area contributed by atoms with Crippen molar-refractivity contribution in [3.8, 4) is 0 Å². The number of nitrogens with one attached hydrogen (secondary N) is 2. The van der Waals surface area contributed by atoms with Crippen molar-refractivity contribution in [2.45, 2.75) is 38.6 Å². The molecule has 0 aromatic heterocycles. The van der Waals surface area contributed by atoms with Gasteiger partial charge in [-0.15, -0.1) is 0 Å². The molecule has 8 nitrogen and oxygen atoms in total. The van der Waals surface area contributed by atoms with Crippen LogP contribution in [0.3, 0.4) is 0 Å². The summed E-state index contributed by atoms with van der Waals surface area (Å²) >= 11 is 0. The van der Waals surface area contributed by atoms with Crippen molar-refractivity contribution in [3.05, 3.63) is 0 Å². The number of urea groups is 1. The zero-order valence-electron chi connectivity index (χ0n) is 14.3. The quantitative estimate of drug-likeness (QED) is 0.642. The smallest absolute Gasteiger partial charge is 0.321 e. The maximum absolute atomic E-state index is 12.0. The zero-order valence-corrected chi connectivity index (χ0v) is 14.3. The number of aliphatic hydroxyl groups is 1. The number of hydrogen-bond acceptors (Lipinski definition) is 5. The third-order valence-electron chi connectivity index (χ3n) is 4.91. The van der Waals surface area contributed by atoms with Crippen LogP contribution in [0.15, 0.2) is 0 Å². The van der Waals surface area contributed by atoms with Gasteiger partial charge in [0.25, 0.3) is 0 Å². The number of nitrogens with zero attached hydrogens (tertiary/aromatic N) is 2. The molecular weight excluding hydrogens is 312 g/mol. The van der Waals surface area contributed by atoms with Crippen LogP contribution in [0.1, 0.15) is 32.6 Å². The Morgan fingerprint density at radius 3 is 2.38 bits per heavy atom. The van der Waals surface area contributed by atoms with Crippen molar-refractivity contribution >= 4 is 17.8 Å². The van der Waals surface area contributed by atoms with Crippen molar-refractivity contribution < 1.29 is 19.5 Å². The predicted molar refractivity (Wildman–Crippen MR) is 88.2 cm³/mol. The number of carbonyl (C=O) groups is 3. The summed E-state index contributed by atoms with van der Waals surface area (Å²) in [5, 5.41) is 14.1. The molecule has 0 aromatic carbocycles. The lowest BCUT2D eigenvalue weighted by atomic mass is 9.86. The van der Waals surface area contributed by atoms with Crippen molar-refractivity contribution in [2.24, 2.45) is 5.92 Å². The summed E-state index contributed by atoms with van der Waals surface area (Å²) in [6.45, 7) is 3.85. The van der Waals surface area contributed by atoms with Crippen LogP contribution in [0, 0.1) is 5.92 Å². The Balaban J connectivity index is 1.68. The van der Waals surface area contributed by atoms with Crippen LogP contribution in [0.4, 0.5) is 4.79 Å². The van der Waals surface area contributed by atoms with E-state index in [4.69, 9.17) is 5.11 Å². The highest BCUT2D eigenvalue weighted by Crippen LogP contribution is 2.23. The van der Waals surface area contributed by atoms with E-state index in [1.807, 2.05) is 4.90 Å². The number of amides is 4. The normalized spacial score (nSPS) is 25.2. The fourth-order valence-corrected chi connectivity index (χ4v) is 3.36. The number of imide groups is 1. The molecule has 0 bridgehead atoms. The molecule has 2 rings (SSSR count). The molecule has 2 aliphatic rings. The van der Waals surface area contributed by atoms with Crippen molar-refractivity contribution in [1.82, 2.24) is 20.4 Å². The molecule has 1 saturated carbocycles. The Bertz CT molecular complexity index is 463. The molecule has 1 saturated heterocycles. The van der Waals surface area contributed by atoms with Gasteiger partial charge in [-0.2, -0.15) is 0 Å². The predicted octanol–water partition coefficient (Wildman–Crippen LogP) is -0.473. The molecule has 2 fully saturated rings. The monoisotopic (exact) mass is 340 g/mol. The summed E-state index contributed by atoms with van der Waals surface area (Å²) in [7, 11) is 0. The second kappa shape index (κ2) is 8.98. The summed E-state index contributed by atoms with van der Waals surface area (Å²) in [6, 6.07) is -0.285. The number of hydrogen-bond donors (Lipinski definition) is 3. The molecular formula is C16H28N4O4. The Hall–Kier alpha value is -1.67. The molecule has 3 N–H and O–H groups in total. The fourth-order valence-electron chi connectivity index (χ4n) is 3.36. The zero-order chi connectivity index (χ0) is 17.5. The molecule has 1 heterocycles. The molecule has 24 heavy (non-hydrogen) atoms. The molecule has 1 aliphatic carbocycles. The van der Waals surface area contributed by atoms with Gasteiger partial charge in [-0.1, -0.05) is 19.8 Å². The first kappa shape index (κ1) is 18.7. The van der Waals surface area contributed by atoms with Crippen molar-refractivity contribution in [1.29, 1.82) is 0 Å². The standard InChI is InChI=1S/C16H28N4O4/c1-12-4-2-3-5-13(12)17-16(24)18-14(22)10-19-6-8-20(9-7-19)15(23)11-21/h12-13,21H,2-11H2,1H3,(H2,17,18,22,24). The van der Waals surface area contributed by atoms with Crippen molar-refractivity contribution in [2.75, 3.05) is 39.3 Å². The van der Waals surface area contributed by atoms with E-state index in [1.165, 1.54) is 6.42 Å². The molecule has 0 spiro atoms. The third kappa shape index (κ3) is 5.45. The average molecular weight is 340 g/mol. The van der Waals surface area contributed by atoms with Crippen LogP contribution in [0.25, 0.3) is 0 Å². The topological polar surface area (TPSA) is 102 Å². The third-order valence-corrected chi connectivity index (χ3v) is 4.91. The van der Waals surface area contributed by atoms with Crippen LogP contribution in [-0.2, 0) is 9.59 Å². The minimum Gasteiger partial charge on any atom is -0.387 e. The fraction of sp³-hybridized carbons (Fsp3) is 0.812. The van der Waals surface area contributed by atoms with Crippen molar-refractivity contribution in [3.63, 3.8) is 0 Å². The van der Waals surface area contributed by atoms with Gasteiger partial charge in [-0.3, -0.25) is 19.8 Å². The summed E-state index contributed by atoms with van der Waals surface area (Å²) < 4.78 is 0. The highest BCUT2D eigenvalue weighted by molar-refractivity contribution is 5.95. The maximum Gasteiger partial charge on any atom is 0.321 e. The Morgan fingerprint density at radius 1 is 1.08 bits per heavy atom. The van der Waals surface area contributed by atoms with Gasteiger partial charge < -0.3 is 15.3 Å². The Kier molecular flexibility index (Phi) is 6.99.